The Kier molecular flexibility index (Phi) is 5.90. The molecule has 4 heteroatoms. The molecule has 0 aromatic heterocycles. The van der Waals surface area contributed by atoms with Crippen LogP contribution in [0.3, 0.4) is 0 Å². The number of hydrogen-bond acceptors (Lipinski definition) is 3. The molecule has 0 fully saturated rings. The van der Waals surface area contributed by atoms with Crippen molar-refractivity contribution >= 4 is 11.6 Å². The Morgan fingerprint density at radius 2 is 2.00 bits per heavy atom. The maximum absolute atomic E-state index is 6.05. The van der Waals surface area contributed by atoms with E-state index in [-0.39, 0.29) is 0 Å². The number of ether oxygens (including phenoxy) is 2. The molecule has 2 aromatic carbocycles. The van der Waals surface area contributed by atoms with Gasteiger partial charge in [-0.2, -0.15) is 0 Å². The van der Waals surface area contributed by atoms with Gasteiger partial charge in [0.15, 0.2) is 0 Å². The van der Waals surface area contributed by atoms with Crippen LogP contribution in [0, 0.1) is 0 Å². The van der Waals surface area contributed by atoms with E-state index >= 15 is 0 Å². The maximum Gasteiger partial charge on any atom is 0.124 e. The summed E-state index contributed by atoms with van der Waals surface area (Å²) >= 11 is 6.05. The fourth-order valence-corrected chi connectivity index (χ4v) is 2.20. The van der Waals surface area contributed by atoms with E-state index in [4.69, 9.17) is 21.1 Å². The van der Waals surface area contributed by atoms with Gasteiger partial charge in [-0.1, -0.05) is 30.7 Å². The first-order valence-corrected chi connectivity index (χ1v) is 7.35. The van der Waals surface area contributed by atoms with Crippen molar-refractivity contribution in [1.82, 2.24) is 5.32 Å². The van der Waals surface area contributed by atoms with E-state index < -0.39 is 0 Å². The van der Waals surface area contributed by atoms with Gasteiger partial charge in [0.05, 0.1) is 7.11 Å². The van der Waals surface area contributed by atoms with E-state index in [1.54, 1.807) is 7.11 Å². The van der Waals surface area contributed by atoms with Gasteiger partial charge in [-0.05, 0) is 42.4 Å². The molecular weight excluding hydrogens is 286 g/mol. The lowest BCUT2D eigenvalue weighted by Gasteiger charge is -2.13. The van der Waals surface area contributed by atoms with E-state index in [2.05, 4.69) is 12.2 Å². The van der Waals surface area contributed by atoms with Crippen molar-refractivity contribution in [3.8, 4) is 11.5 Å². The normalized spacial score (nSPS) is 10.4. The zero-order valence-corrected chi connectivity index (χ0v) is 13.1. The number of rotatable bonds is 7. The molecule has 0 atom stereocenters. The SMILES string of the molecule is CCNCc1cc(Cl)ccc1OCc1cccc(OC)c1. The molecule has 2 rings (SSSR count). The molecule has 0 heterocycles. The molecule has 3 nitrogen and oxygen atoms in total. The van der Waals surface area contributed by atoms with Gasteiger partial charge in [-0.15, -0.1) is 0 Å². The minimum absolute atomic E-state index is 0.498. The van der Waals surface area contributed by atoms with E-state index in [0.29, 0.717) is 6.61 Å². The van der Waals surface area contributed by atoms with E-state index in [1.807, 2.05) is 42.5 Å². The second-order valence-corrected chi connectivity index (χ2v) is 5.11. The molecule has 0 saturated heterocycles. The lowest BCUT2D eigenvalue weighted by Crippen LogP contribution is -2.13. The van der Waals surface area contributed by atoms with Crippen LogP contribution in [0.15, 0.2) is 42.5 Å². The Hall–Kier alpha value is -1.71. The van der Waals surface area contributed by atoms with Gasteiger partial charge in [0.1, 0.15) is 18.1 Å². The zero-order chi connectivity index (χ0) is 15.1. The molecule has 0 aliphatic rings. The van der Waals surface area contributed by atoms with E-state index in [1.165, 1.54) is 0 Å². The molecule has 0 bridgehead atoms. The van der Waals surface area contributed by atoms with Crippen molar-refractivity contribution in [3.63, 3.8) is 0 Å². The summed E-state index contributed by atoms with van der Waals surface area (Å²) in [5.74, 6) is 1.68. The van der Waals surface area contributed by atoms with Gasteiger partial charge in [0.2, 0.25) is 0 Å². The van der Waals surface area contributed by atoms with Crippen molar-refractivity contribution < 1.29 is 9.47 Å². The highest BCUT2D eigenvalue weighted by molar-refractivity contribution is 6.30. The summed E-state index contributed by atoms with van der Waals surface area (Å²) < 4.78 is 11.1. The van der Waals surface area contributed by atoms with Crippen molar-refractivity contribution in [2.75, 3.05) is 13.7 Å². The smallest absolute Gasteiger partial charge is 0.124 e. The molecule has 0 saturated carbocycles. The summed E-state index contributed by atoms with van der Waals surface area (Å²) in [4.78, 5) is 0. The van der Waals surface area contributed by atoms with E-state index in [0.717, 1.165) is 40.7 Å². The Morgan fingerprint density at radius 1 is 1.14 bits per heavy atom. The minimum atomic E-state index is 0.498. The van der Waals surface area contributed by atoms with Gasteiger partial charge in [-0.3, -0.25) is 0 Å². The largest absolute Gasteiger partial charge is 0.497 e. The van der Waals surface area contributed by atoms with Crippen molar-refractivity contribution in [3.05, 3.63) is 58.6 Å². The standard InChI is InChI=1S/C17H20ClNO2/c1-3-19-11-14-10-15(18)7-8-17(14)21-12-13-5-4-6-16(9-13)20-2/h4-10,19H,3,11-12H2,1-2H3. The van der Waals surface area contributed by atoms with Crippen LogP contribution in [0.4, 0.5) is 0 Å². The van der Waals surface area contributed by atoms with Gasteiger partial charge in [0, 0.05) is 17.1 Å². The molecule has 0 radical (unpaired) electrons. The molecule has 0 aliphatic carbocycles. The number of halogens is 1. The molecule has 1 N–H and O–H groups in total. The van der Waals surface area contributed by atoms with Crippen molar-refractivity contribution in [2.45, 2.75) is 20.1 Å². The minimum Gasteiger partial charge on any atom is -0.497 e. The predicted molar refractivity (Wildman–Crippen MR) is 86.2 cm³/mol. The predicted octanol–water partition coefficient (Wildman–Crippen LogP) is 4.04. The summed E-state index contributed by atoms with van der Waals surface area (Å²) in [6, 6.07) is 13.6. The molecular formula is C17H20ClNO2. The van der Waals surface area contributed by atoms with Gasteiger partial charge >= 0.3 is 0 Å². The number of methoxy groups -OCH3 is 1. The Morgan fingerprint density at radius 3 is 2.76 bits per heavy atom. The lowest BCUT2D eigenvalue weighted by atomic mass is 10.2. The first-order valence-electron chi connectivity index (χ1n) is 6.97. The monoisotopic (exact) mass is 305 g/mol. The molecule has 112 valence electrons. The number of nitrogens with one attached hydrogen (secondary N) is 1. The van der Waals surface area contributed by atoms with Crippen LogP contribution in [-0.2, 0) is 13.2 Å². The Bertz CT molecular complexity index is 587. The average molecular weight is 306 g/mol. The average Bonchev–Trinajstić information content (AvgIpc) is 2.52. The summed E-state index contributed by atoms with van der Waals surface area (Å²) in [6.45, 7) is 4.21. The van der Waals surface area contributed by atoms with Crippen LogP contribution in [0.25, 0.3) is 0 Å². The van der Waals surface area contributed by atoms with Crippen LogP contribution in [0.5, 0.6) is 11.5 Å². The van der Waals surface area contributed by atoms with Crippen LogP contribution in [0.2, 0.25) is 5.02 Å². The summed E-state index contributed by atoms with van der Waals surface area (Å²) in [7, 11) is 1.66. The first-order chi connectivity index (χ1) is 10.2. The topological polar surface area (TPSA) is 30.5 Å². The van der Waals surface area contributed by atoms with Crippen LogP contribution < -0.4 is 14.8 Å². The molecule has 0 amide bonds. The quantitative estimate of drug-likeness (QED) is 0.837. The third-order valence-electron chi connectivity index (χ3n) is 3.12. The highest BCUT2D eigenvalue weighted by Crippen LogP contribution is 2.24. The second kappa shape index (κ2) is 7.91. The summed E-state index contributed by atoms with van der Waals surface area (Å²) in [5, 5.41) is 4.01. The third-order valence-corrected chi connectivity index (χ3v) is 3.35. The number of hydrogen-bond donors (Lipinski definition) is 1. The van der Waals surface area contributed by atoms with Crippen LogP contribution >= 0.6 is 11.6 Å². The van der Waals surface area contributed by atoms with Crippen molar-refractivity contribution in [1.29, 1.82) is 0 Å². The van der Waals surface area contributed by atoms with Gasteiger partial charge in [-0.25, -0.2) is 0 Å². The summed E-state index contributed by atoms with van der Waals surface area (Å²) in [5.41, 5.74) is 2.13. The zero-order valence-electron chi connectivity index (χ0n) is 12.4. The van der Waals surface area contributed by atoms with E-state index in [9.17, 15) is 0 Å². The second-order valence-electron chi connectivity index (χ2n) is 4.67. The molecule has 0 unspecified atom stereocenters. The number of benzene rings is 2. The van der Waals surface area contributed by atoms with Crippen LogP contribution in [0.1, 0.15) is 18.1 Å². The van der Waals surface area contributed by atoms with Gasteiger partial charge in [0.25, 0.3) is 0 Å². The molecule has 0 spiro atoms. The van der Waals surface area contributed by atoms with Crippen LogP contribution in [-0.4, -0.2) is 13.7 Å². The van der Waals surface area contributed by atoms with Gasteiger partial charge < -0.3 is 14.8 Å². The molecule has 21 heavy (non-hydrogen) atoms. The maximum atomic E-state index is 6.05. The fourth-order valence-electron chi connectivity index (χ4n) is 2.01. The Labute approximate surface area is 130 Å². The Balaban J connectivity index is 2.07. The highest BCUT2D eigenvalue weighted by Gasteiger charge is 2.05. The first kappa shape index (κ1) is 15.7. The molecule has 0 aliphatic heterocycles. The molecule has 2 aromatic rings. The highest BCUT2D eigenvalue weighted by atomic mass is 35.5. The third kappa shape index (κ3) is 4.66. The summed E-state index contributed by atoms with van der Waals surface area (Å²) in [6.07, 6.45) is 0. The van der Waals surface area contributed by atoms with Crippen molar-refractivity contribution in [2.24, 2.45) is 0 Å². The fraction of sp³-hybridized carbons (Fsp3) is 0.294. The lowest BCUT2D eigenvalue weighted by molar-refractivity contribution is 0.301.